The maximum Gasteiger partial charge on any atom is 0.332 e. The fraction of sp³-hybridized carbons (Fsp3) is 0.263. The van der Waals surface area contributed by atoms with Crippen molar-refractivity contribution in [1.82, 2.24) is 5.43 Å². The molecular weight excluding hydrogens is 302 g/mol. The van der Waals surface area contributed by atoms with Gasteiger partial charge in [-0.05, 0) is 36.6 Å². The number of nitrogens with one attached hydrogen (secondary N) is 1. The van der Waals surface area contributed by atoms with E-state index >= 15 is 0 Å². The van der Waals surface area contributed by atoms with Gasteiger partial charge < -0.3 is 10.5 Å². The molecule has 0 unspecified atom stereocenters. The van der Waals surface area contributed by atoms with Crippen molar-refractivity contribution in [3.05, 3.63) is 53.6 Å². The summed E-state index contributed by atoms with van der Waals surface area (Å²) in [6, 6.07) is 13.5. The Labute approximate surface area is 142 Å². The number of carbonyl (C=O) groups is 1. The van der Waals surface area contributed by atoms with E-state index in [1.165, 1.54) is 5.56 Å². The highest BCUT2D eigenvalue weighted by Gasteiger charge is 2.06. The summed E-state index contributed by atoms with van der Waals surface area (Å²) in [5, 5.41) is 3.85. The summed E-state index contributed by atoms with van der Waals surface area (Å²) in [5.41, 5.74) is 11.4. The van der Waals surface area contributed by atoms with Crippen LogP contribution in [-0.4, -0.2) is 18.9 Å². The van der Waals surface area contributed by atoms with Crippen LogP contribution in [0.1, 0.15) is 30.9 Å². The molecule has 0 aliphatic rings. The molecule has 0 heterocycles. The lowest BCUT2D eigenvalue weighted by Gasteiger charge is -2.11. The number of primary amides is 1. The number of amides is 2. The van der Waals surface area contributed by atoms with E-state index in [4.69, 9.17) is 10.5 Å². The van der Waals surface area contributed by atoms with E-state index in [-0.39, 0.29) is 0 Å². The van der Waals surface area contributed by atoms with Gasteiger partial charge in [-0.15, -0.1) is 0 Å². The molecule has 126 valence electrons. The van der Waals surface area contributed by atoms with E-state index in [2.05, 4.69) is 48.6 Å². The molecule has 3 N–H and O–H groups in total. The van der Waals surface area contributed by atoms with Crippen LogP contribution in [0.15, 0.2) is 47.6 Å². The van der Waals surface area contributed by atoms with Crippen molar-refractivity contribution < 1.29 is 9.53 Å². The maximum absolute atomic E-state index is 10.8. The quantitative estimate of drug-likeness (QED) is 0.461. The fourth-order valence-electron chi connectivity index (χ4n) is 2.20. The standard InChI is InChI=1S/C19H23N3O2/c1-3-4-11-24-18-10-9-16(15-7-5-14(2)6-8-15)12-17(18)13-21-22-19(20)23/h5-10,12-13H,3-4,11H2,1-2H3,(H3,20,22,23). The number of aryl methyl sites for hydroxylation is 1. The maximum atomic E-state index is 10.8. The SMILES string of the molecule is CCCCOc1ccc(-c2ccc(C)cc2)cc1C=NNC(N)=O. The number of hydrogen-bond donors (Lipinski definition) is 2. The second kappa shape index (κ2) is 8.72. The van der Waals surface area contributed by atoms with Gasteiger partial charge in [-0.1, -0.05) is 49.2 Å². The molecule has 2 rings (SSSR count). The number of urea groups is 1. The second-order valence-corrected chi connectivity index (χ2v) is 5.55. The van der Waals surface area contributed by atoms with E-state index in [0.29, 0.717) is 6.61 Å². The first-order valence-corrected chi connectivity index (χ1v) is 8.02. The van der Waals surface area contributed by atoms with Gasteiger partial charge in [0, 0.05) is 5.56 Å². The van der Waals surface area contributed by atoms with Crippen LogP contribution >= 0.6 is 0 Å². The van der Waals surface area contributed by atoms with Crippen molar-refractivity contribution >= 4 is 12.2 Å². The first-order valence-electron chi connectivity index (χ1n) is 8.02. The molecule has 5 heteroatoms. The summed E-state index contributed by atoms with van der Waals surface area (Å²) in [5.74, 6) is 0.731. The molecule has 0 bridgehead atoms. The minimum atomic E-state index is -0.700. The average molecular weight is 325 g/mol. The van der Waals surface area contributed by atoms with Crippen molar-refractivity contribution in [2.45, 2.75) is 26.7 Å². The van der Waals surface area contributed by atoms with E-state index in [1.54, 1.807) is 6.21 Å². The van der Waals surface area contributed by atoms with E-state index in [0.717, 1.165) is 35.3 Å². The third-order valence-electron chi connectivity index (χ3n) is 3.53. The van der Waals surface area contributed by atoms with Crippen LogP contribution in [0.25, 0.3) is 11.1 Å². The average Bonchev–Trinajstić information content (AvgIpc) is 2.56. The van der Waals surface area contributed by atoms with E-state index < -0.39 is 6.03 Å². The molecule has 2 aromatic rings. The van der Waals surface area contributed by atoms with Crippen LogP contribution in [0.4, 0.5) is 4.79 Å². The zero-order valence-corrected chi connectivity index (χ0v) is 14.1. The zero-order chi connectivity index (χ0) is 17.4. The summed E-state index contributed by atoms with van der Waals surface area (Å²) >= 11 is 0. The number of benzene rings is 2. The predicted molar refractivity (Wildman–Crippen MR) is 97.3 cm³/mol. The molecule has 5 nitrogen and oxygen atoms in total. The van der Waals surface area contributed by atoms with Crippen LogP contribution in [0, 0.1) is 6.92 Å². The first kappa shape index (κ1) is 17.5. The monoisotopic (exact) mass is 325 g/mol. The molecule has 0 saturated heterocycles. The molecule has 0 saturated carbocycles. The summed E-state index contributed by atoms with van der Waals surface area (Å²) in [4.78, 5) is 10.8. The summed E-state index contributed by atoms with van der Waals surface area (Å²) in [7, 11) is 0. The van der Waals surface area contributed by atoms with Crippen LogP contribution in [0.3, 0.4) is 0 Å². The van der Waals surface area contributed by atoms with Gasteiger partial charge >= 0.3 is 6.03 Å². The third-order valence-corrected chi connectivity index (χ3v) is 3.53. The lowest BCUT2D eigenvalue weighted by atomic mass is 10.0. The number of hydrogen-bond acceptors (Lipinski definition) is 3. The Morgan fingerprint density at radius 3 is 2.58 bits per heavy atom. The number of carbonyl (C=O) groups excluding carboxylic acids is 1. The summed E-state index contributed by atoms with van der Waals surface area (Å²) in [6.45, 7) is 4.81. The lowest BCUT2D eigenvalue weighted by Crippen LogP contribution is -2.24. The summed E-state index contributed by atoms with van der Waals surface area (Å²) in [6.07, 6.45) is 3.59. The van der Waals surface area contributed by atoms with Gasteiger partial charge in [0.2, 0.25) is 0 Å². The number of ether oxygens (including phenoxy) is 1. The minimum absolute atomic E-state index is 0.643. The highest BCUT2D eigenvalue weighted by atomic mass is 16.5. The van der Waals surface area contributed by atoms with Gasteiger partial charge in [-0.25, -0.2) is 10.2 Å². The normalized spacial score (nSPS) is 10.8. The number of nitrogens with zero attached hydrogens (tertiary/aromatic N) is 1. The van der Waals surface area contributed by atoms with Crippen LogP contribution < -0.4 is 15.9 Å². The third kappa shape index (κ3) is 5.12. The molecule has 0 fully saturated rings. The van der Waals surface area contributed by atoms with Crippen molar-refractivity contribution in [2.75, 3.05) is 6.61 Å². The molecular formula is C19H23N3O2. The number of unbranched alkanes of at least 4 members (excludes halogenated alkanes) is 1. The molecule has 0 aromatic heterocycles. The molecule has 24 heavy (non-hydrogen) atoms. The molecule has 2 aromatic carbocycles. The smallest absolute Gasteiger partial charge is 0.332 e. The van der Waals surface area contributed by atoms with Gasteiger partial charge in [0.15, 0.2) is 0 Å². The highest BCUT2D eigenvalue weighted by molar-refractivity contribution is 5.87. The Hall–Kier alpha value is -2.82. The number of hydrazone groups is 1. The number of rotatable bonds is 7. The van der Waals surface area contributed by atoms with Gasteiger partial charge in [0.1, 0.15) is 5.75 Å². The fourth-order valence-corrected chi connectivity index (χ4v) is 2.20. The Bertz CT molecular complexity index is 709. The molecule has 0 aliphatic heterocycles. The predicted octanol–water partition coefficient (Wildman–Crippen LogP) is 3.84. The molecule has 0 aliphatic carbocycles. The van der Waals surface area contributed by atoms with Crippen molar-refractivity contribution in [1.29, 1.82) is 0 Å². The van der Waals surface area contributed by atoms with Crippen LogP contribution in [0.5, 0.6) is 5.75 Å². The van der Waals surface area contributed by atoms with E-state index in [1.807, 2.05) is 18.2 Å². The second-order valence-electron chi connectivity index (χ2n) is 5.55. The minimum Gasteiger partial charge on any atom is -0.493 e. The molecule has 0 spiro atoms. The molecule has 0 atom stereocenters. The van der Waals surface area contributed by atoms with Crippen LogP contribution in [-0.2, 0) is 0 Å². The summed E-state index contributed by atoms with van der Waals surface area (Å²) < 4.78 is 5.81. The molecule has 0 radical (unpaired) electrons. The van der Waals surface area contributed by atoms with E-state index in [9.17, 15) is 4.79 Å². The van der Waals surface area contributed by atoms with Gasteiger partial charge in [0.05, 0.1) is 12.8 Å². The Kier molecular flexibility index (Phi) is 6.37. The van der Waals surface area contributed by atoms with Gasteiger partial charge in [-0.3, -0.25) is 0 Å². The molecule has 2 amide bonds. The van der Waals surface area contributed by atoms with Gasteiger partial charge in [0.25, 0.3) is 0 Å². The Balaban J connectivity index is 2.29. The van der Waals surface area contributed by atoms with Crippen LogP contribution in [0.2, 0.25) is 0 Å². The number of nitrogens with two attached hydrogens (primary N) is 1. The first-order chi connectivity index (χ1) is 11.6. The van der Waals surface area contributed by atoms with Crippen molar-refractivity contribution in [3.8, 4) is 16.9 Å². The van der Waals surface area contributed by atoms with Gasteiger partial charge in [-0.2, -0.15) is 5.10 Å². The van der Waals surface area contributed by atoms with Crippen molar-refractivity contribution in [3.63, 3.8) is 0 Å². The Morgan fingerprint density at radius 2 is 1.92 bits per heavy atom. The largest absolute Gasteiger partial charge is 0.493 e. The topological polar surface area (TPSA) is 76.7 Å². The zero-order valence-electron chi connectivity index (χ0n) is 14.1. The van der Waals surface area contributed by atoms with Crippen molar-refractivity contribution in [2.24, 2.45) is 10.8 Å². The highest BCUT2D eigenvalue weighted by Crippen LogP contribution is 2.26. The Morgan fingerprint density at radius 1 is 1.21 bits per heavy atom. The lowest BCUT2D eigenvalue weighted by molar-refractivity contribution is 0.249.